The van der Waals surface area contributed by atoms with Gasteiger partial charge in [0.25, 0.3) is 5.91 Å². The summed E-state index contributed by atoms with van der Waals surface area (Å²) < 4.78 is 5.25. The summed E-state index contributed by atoms with van der Waals surface area (Å²) in [7, 11) is 1.78. The van der Waals surface area contributed by atoms with Crippen LogP contribution in [0, 0.1) is 0 Å². The van der Waals surface area contributed by atoms with Crippen LogP contribution in [-0.2, 0) is 6.42 Å². The van der Waals surface area contributed by atoms with E-state index in [0.717, 1.165) is 30.6 Å². The molecule has 1 saturated heterocycles. The van der Waals surface area contributed by atoms with Gasteiger partial charge in [0.1, 0.15) is 11.4 Å². The molecule has 0 saturated carbocycles. The molecule has 0 spiro atoms. The van der Waals surface area contributed by atoms with Crippen molar-refractivity contribution in [1.29, 1.82) is 0 Å². The molecule has 9 nitrogen and oxygen atoms in total. The van der Waals surface area contributed by atoms with Gasteiger partial charge in [-0.1, -0.05) is 24.2 Å². The van der Waals surface area contributed by atoms with Crippen LogP contribution in [0.15, 0.2) is 35.0 Å². The smallest absolute Gasteiger partial charge is 0.263 e. The zero-order chi connectivity index (χ0) is 20.7. The van der Waals surface area contributed by atoms with E-state index in [0.29, 0.717) is 42.0 Å². The maximum atomic E-state index is 13.5. The minimum atomic E-state index is -0.0958. The highest BCUT2D eigenvalue weighted by Crippen LogP contribution is 2.34. The number of benzene rings is 1. The Labute approximate surface area is 174 Å². The molecule has 2 aliphatic heterocycles. The standard InChI is InChI=1S/C21H23N7O2/c1-3-17-24-18(26-30-17)13-6-4-7-14(10-13)28-12-15-8-5-9-27(15)19-16(20(28)29)11-23-21(22-2)25-19/h4,6-7,10-11,15H,3,5,8-9,12H2,1-2H3,(H,22,23,25). The van der Waals surface area contributed by atoms with Gasteiger partial charge in [0.05, 0.1) is 0 Å². The maximum absolute atomic E-state index is 13.5. The summed E-state index contributed by atoms with van der Waals surface area (Å²) in [4.78, 5) is 30.9. The van der Waals surface area contributed by atoms with Crippen LogP contribution in [0.5, 0.6) is 0 Å². The number of anilines is 3. The predicted octanol–water partition coefficient (Wildman–Crippen LogP) is 2.76. The molecule has 1 N–H and O–H groups in total. The maximum Gasteiger partial charge on any atom is 0.263 e. The van der Waals surface area contributed by atoms with E-state index in [1.54, 1.807) is 13.2 Å². The molecule has 0 bridgehead atoms. The van der Waals surface area contributed by atoms with Crippen LogP contribution in [0.25, 0.3) is 11.4 Å². The van der Waals surface area contributed by atoms with Gasteiger partial charge in [0, 0.05) is 50.0 Å². The van der Waals surface area contributed by atoms with Crippen LogP contribution >= 0.6 is 0 Å². The zero-order valence-electron chi connectivity index (χ0n) is 17.0. The van der Waals surface area contributed by atoms with E-state index in [-0.39, 0.29) is 11.9 Å². The number of amides is 1. The third-order valence-electron chi connectivity index (χ3n) is 5.70. The highest BCUT2D eigenvalue weighted by atomic mass is 16.5. The van der Waals surface area contributed by atoms with E-state index < -0.39 is 0 Å². The monoisotopic (exact) mass is 405 g/mol. The van der Waals surface area contributed by atoms with E-state index in [1.807, 2.05) is 36.1 Å². The predicted molar refractivity (Wildman–Crippen MR) is 113 cm³/mol. The van der Waals surface area contributed by atoms with Gasteiger partial charge in [-0.05, 0) is 25.0 Å². The molecule has 30 heavy (non-hydrogen) atoms. The lowest BCUT2D eigenvalue weighted by molar-refractivity contribution is 0.0988. The molecule has 2 aromatic heterocycles. The Kier molecular flexibility index (Phi) is 4.57. The quantitative estimate of drug-likeness (QED) is 0.707. The molecule has 1 unspecified atom stereocenters. The van der Waals surface area contributed by atoms with Crippen molar-refractivity contribution in [3.05, 3.63) is 41.9 Å². The van der Waals surface area contributed by atoms with Gasteiger partial charge in [-0.25, -0.2) is 4.98 Å². The van der Waals surface area contributed by atoms with Crippen LogP contribution in [0.3, 0.4) is 0 Å². The fourth-order valence-electron chi connectivity index (χ4n) is 4.16. The average molecular weight is 405 g/mol. The summed E-state index contributed by atoms with van der Waals surface area (Å²) in [6.07, 6.45) is 4.40. The molecule has 1 amide bonds. The van der Waals surface area contributed by atoms with Crippen molar-refractivity contribution in [2.45, 2.75) is 32.2 Å². The Hall–Kier alpha value is -3.49. The second-order valence-corrected chi connectivity index (χ2v) is 7.50. The highest BCUT2D eigenvalue weighted by molar-refractivity contribution is 6.10. The third kappa shape index (κ3) is 3.06. The van der Waals surface area contributed by atoms with Crippen molar-refractivity contribution >= 4 is 23.4 Å². The molecular weight excluding hydrogens is 382 g/mol. The van der Waals surface area contributed by atoms with Crippen LogP contribution in [0.2, 0.25) is 0 Å². The minimum absolute atomic E-state index is 0.0958. The minimum Gasteiger partial charge on any atom is -0.357 e. The summed E-state index contributed by atoms with van der Waals surface area (Å²) in [6, 6.07) is 7.94. The van der Waals surface area contributed by atoms with Crippen molar-refractivity contribution in [3.63, 3.8) is 0 Å². The van der Waals surface area contributed by atoms with E-state index in [2.05, 4.69) is 30.3 Å². The summed E-state index contributed by atoms with van der Waals surface area (Å²) in [5.41, 5.74) is 2.15. The van der Waals surface area contributed by atoms with Crippen molar-refractivity contribution < 1.29 is 9.32 Å². The van der Waals surface area contributed by atoms with E-state index >= 15 is 0 Å². The molecule has 9 heteroatoms. The van der Waals surface area contributed by atoms with Crippen molar-refractivity contribution in [1.82, 2.24) is 20.1 Å². The summed E-state index contributed by atoms with van der Waals surface area (Å²) >= 11 is 0. The SMILES string of the molecule is CCc1nc(-c2cccc(N3CC4CCCN4c4nc(NC)ncc4C3=O)c2)no1. The Morgan fingerprint density at radius 2 is 2.20 bits per heavy atom. The second-order valence-electron chi connectivity index (χ2n) is 7.50. The molecule has 2 aliphatic rings. The Morgan fingerprint density at radius 3 is 3.00 bits per heavy atom. The Balaban J connectivity index is 1.56. The van der Waals surface area contributed by atoms with Gasteiger partial charge in [0.15, 0.2) is 0 Å². The molecule has 0 radical (unpaired) electrons. The first-order chi connectivity index (χ1) is 14.7. The second kappa shape index (κ2) is 7.40. The van der Waals surface area contributed by atoms with E-state index in [4.69, 9.17) is 4.52 Å². The fraction of sp³-hybridized carbons (Fsp3) is 0.381. The molecule has 5 rings (SSSR count). The molecule has 0 aliphatic carbocycles. The first-order valence-electron chi connectivity index (χ1n) is 10.2. The van der Waals surface area contributed by atoms with Crippen LogP contribution in [0.4, 0.5) is 17.5 Å². The van der Waals surface area contributed by atoms with Crippen molar-refractivity contribution in [2.75, 3.05) is 35.3 Å². The van der Waals surface area contributed by atoms with Gasteiger partial charge in [-0.15, -0.1) is 0 Å². The Morgan fingerprint density at radius 1 is 1.30 bits per heavy atom. The lowest BCUT2D eigenvalue weighted by Gasteiger charge is -2.27. The van der Waals surface area contributed by atoms with Gasteiger partial charge >= 0.3 is 0 Å². The number of carbonyl (C=O) groups excluding carboxylic acids is 1. The van der Waals surface area contributed by atoms with Crippen LogP contribution < -0.4 is 15.1 Å². The van der Waals surface area contributed by atoms with Gasteiger partial charge in [-0.3, -0.25) is 4.79 Å². The van der Waals surface area contributed by atoms with Crippen LogP contribution in [-0.4, -0.2) is 52.2 Å². The third-order valence-corrected chi connectivity index (χ3v) is 5.70. The van der Waals surface area contributed by atoms with Crippen molar-refractivity contribution in [3.8, 4) is 11.4 Å². The molecule has 154 valence electrons. The average Bonchev–Trinajstić information content (AvgIpc) is 3.44. The first kappa shape index (κ1) is 18.5. The molecule has 1 fully saturated rings. The number of nitrogens with one attached hydrogen (secondary N) is 1. The summed E-state index contributed by atoms with van der Waals surface area (Å²) in [5, 5.41) is 7.04. The largest absolute Gasteiger partial charge is 0.357 e. The number of hydrogen-bond donors (Lipinski definition) is 1. The molecule has 4 heterocycles. The normalized spacial score (nSPS) is 18.2. The first-order valence-corrected chi connectivity index (χ1v) is 10.2. The number of aromatic nitrogens is 4. The zero-order valence-corrected chi connectivity index (χ0v) is 17.0. The summed E-state index contributed by atoms with van der Waals surface area (Å²) in [6.45, 7) is 3.46. The van der Waals surface area contributed by atoms with Crippen LogP contribution in [0.1, 0.15) is 36.0 Å². The number of nitrogens with zero attached hydrogens (tertiary/aromatic N) is 6. The number of rotatable bonds is 4. The Bertz CT molecular complexity index is 1100. The fourth-order valence-corrected chi connectivity index (χ4v) is 4.16. The molecule has 3 aromatic rings. The number of carbonyl (C=O) groups is 1. The van der Waals surface area contributed by atoms with Gasteiger partial charge in [0.2, 0.25) is 17.7 Å². The molecule has 1 aromatic carbocycles. The number of hydrogen-bond acceptors (Lipinski definition) is 8. The lowest BCUT2D eigenvalue weighted by atomic mass is 10.1. The molecular formula is C21H23N7O2. The molecule has 1 atom stereocenters. The van der Waals surface area contributed by atoms with E-state index in [1.165, 1.54) is 0 Å². The highest BCUT2D eigenvalue weighted by Gasteiger charge is 2.37. The van der Waals surface area contributed by atoms with E-state index in [9.17, 15) is 4.79 Å². The topological polar surface area (TPSA) is 100 Å². The van der Waals surface area contributed by atoms with Crippen molar-refractivity contribution in [2.24, 2.45) is 0 Å². The lowest BCUT2D eigenvalue weighted by Crippen LogP contribution is -2.39. The summed E-state index contributed by atoms with van der Waals surface area (Å²) in [5.74, 6) is 2.26. The number of fused-ring (bicyclic) bond motifs is 3. The van der Waals surface area contributed by atoms with Gasteiger partial charge < -0.3 is 19.6 Å². The van der Waals surface area contributed by atoms with Gasteiger partial charge in [-0.2, -0.15) is 9.97 Å². The number of aryl methyl sites for hydroxylation is 1.